The van der Waals surface area contributed by atoms with Gasteiger partial charge in [-0.05, 0) is 23.3 Å². The third-order valence-corrected chi connectivity index (χ3v) is 2.70. The minimum atomic E-state index is 0.0991. The van der Waals surface area contributed by atoms with Gasteiger partial charge in [-0.3, -0.25) is 5.41 Å². The lowest BCUT2D eigenvalue weighted by atomic mass is 10.0. The van der Waals surface area contributed by atoms with Crippen molar-refractivity contribution in [3.63, 3.8) is 0 Å². The Hall–Kier alpha value is -2.29. The molecule has 17 heavy (non-hydrogen) atoms. The van der Waals surface area contributed by atoms with Crippen molar-refractivity contribution in [2.24, 2.45) is 5.73 Å². The van der Waals surface area contributed by atoms with E-state index in [2.05, 4.69) is 17.4 Å². The number of nitrogens with one attached hydrogen (secondary N) is 2. The van der Waals surface area contributed by atoms with E-state index in [0.29, 0.717) is 0 Å². The van der Waals surface area contributed by atoms with Gasteiger partial charge in [-0.2, -0.15) is 0 Å². The Kier molecular flexibility index (Phi) is 3.10. The average Bonchev–Trinajstić information content (AvgIpc) is 2.39. The lowest BCUT2D eigenvalue weighted by molar-refractivity contribution is 1.42. The van der Waals surface area contributed by atoms with E-state index in [1.165, 1.54) is 0 Å². The molecule has 0 saturated heterocycles. The fourth-order valence-corrected chi connectivity index (χ4v) is 1.67. The summed E-state index contributed by atoms with van der Waals surface area (Å²) < 4.78 is 0. The largest absolute Gasteiger partial charge is 0.388 e. The standard InChI is InChI=1S/C14H15N3/c1-17-13-8-6-11(7-9-13)10-2-4-12(5-3-10)14(15)16/h2-9,17H,1H3,(H3,15,16). The molecule has 3 nitrogen and oxygen atoms in total. The number of benzene rings is 2. The van der Waals surface area contributed by atoms with E-state index in [1.54, 1.807) is 0 Å². The molecule has 0 amide bonds. The van der Waals surface area contributed by atoms with E-state index < -0.39 is 0 Å². The van der Waals surface area contributed by atoms with Crippen LogP contribution in [0.2, 0.25) is 0 Å². The Morgan fingerprint density at radius 2 is 1.41 bits per heavy atom. The van der Waals surface area contributed by atoms with Crippen LogP contribution in [0.5, 0.6) is 0 Å². The molecule has 3 heteroatoms. The highest BCUT2D eigenvalue weighted by Gasteiger charge is 1.99. The Labute approximate surface area is 101 Å². The fraction of sp³-hybridized carbons (Fsp3) is 0.0714. The molecular formula is C14H15N3. The molecule has 0 fully saturated rings. The van der Waals surface area contributed by atoms with Crippen molar-refractivity contribution < 1.29 is 0 Å². The number of nitrogens with two attached hydrogens (primary N) is 1. The third kappa shape index (κ3) is 2.45. The van der Waals surface area contributed by atoms with Crippen LogP contribution in [-0.4, -0.2) is 12.9 Å². The molecule has 2 rings (SSSR count). The summed E-state index contributed by atoms with van der Waals surface area (Å²) in [5.41, 5.74) is 9.53. The molecule has 4 N–H and O–H groups in total. The second kappa shape index (κ2) is 4.70. The zero-order chi connectivity index (χ0) is 12.3. The summed E-state index contributed by atoms with van der Waals surface area (Å²) in [5.74, 6) is 0.0991. The van der Waals surface area contributed by atoms with Gasteiger partial charge in [-0.1, -0.05) is 36.4 Å². The van der Waals surface area contributed by atoms with Crippen molar-refractivity contribution in [1.29, 1.82) is 5.41 Å². The summed E-state index contributed by atoms with van der Waals surface area (Å²) in [6.07, 6.45) is 0. The van der Waals surface area contributed by atoms with Gasteiger partial charge in [0.05, 0.1) is 0 Å². The molecule has 86 valence electrons. The van der Waals surface area contributed by atoms with Crippen molar-refractivity contribution in [1.82, 2.24) is 0 Å². The van der Waals surface area contributed by atoms with E-state index in [1.807, 2.05) is 43.4 Å². The summed E-state index contributed by atoms with van der Waals surface area (Å²) in [4.78, 5) is 0. The summed E-state index contributed by atoms with van der Waals surface area (Å²) in [5, 5.41) is 10.4. The molecule has 0 radical (unpaired) electrons. The van der Waals surface area contributed by atoms with E-state index in [0.717, 1.165) is 22.4 Å². The van der Waals surface area contributed by atoms with Gasteiger partial charge in [0.15, 0.2) is 0 Å². The first kappa shape index (κ1) is 11.2. The first-order valence-electron chi connectivity index (χ1n) is 5.43. The lowest BCUT2D eigenvalue weighted by Crippen LogP contribution is -2.10. The van der Waals surface area contributed by atoms with E-state index in [-0.39, 0.29) is 5.84 Å². The van der Waals surface area contributed by atoms with Crippen LogP contribution in [0.4, 0.5) is 5.69 Å². The van der Waals surface area contributed by atoms with Gasteiger partial charge in [-0.25, -0.2) is 0 Å². The maximum Gasteiger partial charge on any atom is 0.122 e. The quantitative estimate of drug-likeness (QED) is 0.555. The van der Waals surface area contributed by atoms with Gasteiger partial charge in [0.1, 0.15) is 5.84 Å². The number of nitrogen functional groups attached to an aromatic ring is 1. The topological polar surface area (TPSA) is 61.9 Å². The van der Waals surface area contributed by atoms with Gasteiger partial charge >= 0.3 is 0 Å². The molecular weight excluding hydrogens is 210 g/mol. The van der Waals surface area contributed by atoms with Gasteiger partial charge < -0.3 is 11.1 Å². The molecule has 0 aromatic heterocycles. The van der Waals surface area contributed by atoms with Crippen LogP contribution in [0, 0.1) is 5.41 Å². The van der Waals surface area contributed by atoms with Crippen LogP contribution in [0.25, 0.3) is 11.1 Å². The van der Waals surface area contributed by atoms with Crippen molar-refractivity contribution >= 4 is 11.5 Å². The molecule has 0 spiro atoms. The Balaban J connectivity index is 2.29. The molecule has 0 bridgehead atoms. The maximum absolute atomic E-state index is 7.33. The van der Waals surface area contributed by atoms with Gasteiger partial charge in [0.25, 0.3) is 0 Å². The van der Waals surface area contributed by atoms with E-state index >= 15 is 0 Å². The second-order valence-corrected chi connectivity index (χ2v) is 3.82. The van der Waals surface area contributed by atoms with Crippen LogP contribution in [0.3, 0.4) is 0 Å². The number of anilines is 1. The molecule has 0 aliphatic rings. The minimum Gasteiger partial charge on any atom is -0.388 e. The Morgan fingerprint density at radius 1 is 0.941 bits per heavy atom. The summed E-state index contributed by atoms with van der Waals surface area (Å²) in [6.45, 7) is 0. The molecule has 2 aromatic carbocycles. The predicted molar refractivity (Wildman–Crippen MR) is 72.4 cm³/mol. The minimum absolute atomic E-state index is 0.0991. The highest BCUT2D eigenvalue weighted by atomic mass is 14.8. The molecule has 0 saturated carbocycles. The highest BCUT2D eigenvalue weighted by molar-refractivity contribution is 5.95. The SMILES string of the molecule is CNc1ccc(-c2ccc(C(=N)N)cc2)cc1. The summed E-state index contributed by atoms with van der Waals surface area (Å²) in [6, 6.07) is 15.9. The van der Waals surface area contributed by atoms with Crippen LogP contribution in [0.1, 0.15) is 5.56 Å². The zero-order valence-electron chi connectivity index (χ0n) is 9.70. The van der Waals surface area contributed by atoms with Crippen LogP contribution in [0.15, 0.2) is 48.5 Å². The Morgan fingerprint density at radius 3 is 1.82 bits per heavy atom. The van der Waals surface area contributed by atoms with E-state index in [9.17, 15) is 0 Å². The fourth-order valence-electron chi connectivity index (χ4n) is 1.67. The molecule has 0 aliphatic heterocycles. The van der Waals surface area contributed by atoms with Crippen LogP contribution < -0.4 is 11.1 Å². The molecule has 0 atom stereocenters. The maximum atomic E-state index is 7.33. The number of amidine groups is 1. The van der Waals surface area contributed by atoms with E-state index in [4.69, 9.17) is 11.1 Å². The smallest absolute Gasteiger partial charge is 0.122 e. The lowest BCUT2D eigenvalue weighted by Gasteiger charge is -2.05. The highest BCUT2D eigenvalue weighted by Crippen LogP contribution is 2.21. The second-order valence-electron chi connectivity index (χ2n) is 3.82. The first-order valence-corrected chi connectivity index (χ1v) is 5.43. The first-order chi connectivity index (χ1) is 8.20. The van der Waals surface area contributed by atoms with Crippen molar-refractivity contribution in [3.8, 4) is 11.1 Å². The molecule has 0 unspecified atom stereocenters. The third-order valence-electron chi connectivity index (χ3n) is 2.70. The molecule has 0 aliphatic carbocycles. The molecule has 2 aromatic rings. The average molecular weight is 225 g/mol. The van der Waals surface area contributed by atoms with Crippen molar-refractivity contribution in [2.45, 2.75) is 0 Å². The summed E-state index contributed by atoms with van der Waals surface area (Å²) in [7, 11) is 1.90. The van der Waals surface area contributed by atoms with Gasteiger partial charge in [-0.15, -0.1) is 0 Å². The number of hydrogen-bond donors (Lipinski definition) is 3. The predicted octanol–water partition coefficient (Wildman–Crippen LogP) is 2.68. The van der Waals surface area contributed by atoms with Gasteiger partial charge in [0.2, 0.25) is 0 Å². The summed E-state index contributed by atoms with van der Waals surface area (Å²) >= 11 is 0. The normalized spacial score (nSPS) is 9.94. The van der Waals surface area contributed by atoms with Crippen molar-refractivity contribution in [3.05, 3.63) is 54.1 Å². The zero-order valence-corrected chi connectivity index (χ0v) is 9.70. The van der Waals surface area contributed by atoms with Gasteiger partial charge in [0, 0.05) is 18.3 Å². The number of rotatable bonds is 3. The molecule has 0 heterocycles. The van der Waals surface area contributed by atoms with Crippen LogP contribution >= 0.6 is 0 Å². The van der Waals surface area contributed by atoms with Crippen molar-refractivity contribution in [2.75, 3.05) is 12.4 Å². The number of hydrogen-bond acceptors (Lipinski definition) is 2. The van der Waals surface area contributed by atoms with Crippen LogP contribution in [-0.2, 0) is 0 Å². The Bertz CT molecular complexity index is 512. The monoisotopic (exact) mass is 225 g/mol.